The third-order valence-electron chi connectivity index (χ3n) is 2.07. The van der Waals surface area contributed by atoms with E-state index in [1.165, 1.54) is 0 Å². The predicted octanol–water partition coefficient (Wildman–Crippen LogP) is 1.98. The van der Waals surface area contributed by atoms with Crippen molar-refractivity contribution < 1.29 is 17.9 Å². The van der Waals surface area contributed by atoms with Crippen molar-refractivity contribution in [3.63, 3.8) is 0 Å². The number of aromatic nitrogens is 2. The van der Waals surface area contributed by atoms with Gasteiger partial charge < -0.3 is 4.74 Å². The number of hydrogen-bond acceptors (Lipinski definition) is 3. The first-order valence-corrected chi connectivity index (χ1v) is 4.64. The lowest BCUT2D eigenvalue weighted by molar-refractivity contribution is -0.141. The van der Waals surface area contributed by atoms with E-state index in [4.69, 9.17) is 4.74 Å². The molecule has 0 radical (unpaired) electrons. The van der Waals surface area contributed by atoms with Crippen LogP contribution in [0.4, 0.5) is 13.2 Å². The molecule has 0 amide bonds. The summed E-state index contributed by atoms with van der Waals surface area (Å²) in [5.74, 6) is 0.150. The van der Waals surface area contributed by atoms with Crippen LogP contribution in [0.25, 0.3) is 0 Å². The molecule has 0 saturated heterocycles. The molecule has 1 aromatic rings. The summed E-state index contributed by atoms with van der Waals surface area (Å²) in [6.07, 6.45) is -4.43. The summed E-state index contributed by atoms with van der Waals surface area (Å²) in [5, 5.41) is 5.44. The molecule has 7 heteroatoms. The van der Waals surface area contributed by atoms with Crippen molar-refractivity contribution in [1.29, 1.82) is 0 Å². The summed E-state index contributed by atoms with van der Waals surface area (Å²) in [7, 11) is 0. The fraction of sp³-hybridized carbons (Fsp3) is 0.556. The van der Waals surface area contributed by atoms with Crippen molar-refractivity contribution in [2.75, 3.05) is 6.61 Å². The highest BCUT2D eigenvalue weighted by Crippen LogP contribution is 2.28. The van der Waals surface area contributed by atoms with Crippen molar-refractivity contribution in [2.45, 2.75) is 25.6 Å². The van der Waals surface area contributed by atoms with Gasteiger partial charge in [0.25, 0.3) is 0 Å². The van der Waals surface area contributed by atoms with Gasteiger partial charge in [-0.05, 0) is 13.8 Å². The Balaban J connectivity index is 2.27. The third-order valence-corrected chi connectivity index (χ3v) is 2.07. The van der Waals surface area contributed by atoms with Gasteiger partial charge in [-0.3, -0.25) is 5.10 Å². The van der Waals surface area contributed by atoms with Gasteiger partial charge in [0.15, 0.2) is 0 Å². The van der Waals surface area contributed by atoms with Crippen LogP contribution in [0.1, 0.15) is 25.2 Å². The van der Waals surface area contributed by atoms with Gasteiger partial charge in [-0.15, -0.1) is 0 Å². The average Bonchev–Trinajstić information content (AvgIpc) is 2.68. The quantitative estimate of drug-likeness (QED) is 0.806. The highest BCUT2D eigenvalue weighted by molar-refractivity contribution is 5.93. The first kappa shape index (κ1) is 11.0. The highest BCUT2D eigenvalue weighted by atomic mass is 19.4. The van der Waals surface area contributed by atoms with Crippen LogP contribution in [0.15, 0.2) is 11.1 Å². The predicted molar refractivity (Wildman–Crippen MR) is 50.2 cm³/mol. The maximum Gasteiger partial charge on any atom is 0.432 e. The molecule has 1 aromatic heterocycles. The number of hydrogen-bond donors (Lipinski definition) is 1. The second kappa shape index (κ2) is 3.23. The zero-order valence-corrected chi connectivity index (χ0v) is 8.72. The lowest BCUT2D eigenvalue weighted by atomic mass is 10.1. The molecule has 4 nitrogen and oxygen atoms in total. The van der Waals surface area contributed by atoms with Crippen LogP contribution in [0, 0.1) is 0 Å². The zero-order valence-electron chi connectivity index (χ0n) is 8.72. The van der Waals surface area contributed by atoms with Crippen molar-refractivity contribution in [1.82, 2.24) is 10.2 Å². The van der Waals surface area contributed by atoms with Crippen LogP contribution in [-0.4, -0.2) is 28.2 Å². The minimum atomic E-state index is -4.43. The Kier molecular flexibility index (Phi) is 2.21. The normalized spacial score (nSPS) is 19.4. The smallest absolute Gasteiger partial charge is 0.432 e. The van der Waals surface area contributed by atoms with E-state index in [-0.39, 0.29) is 11.6 Å². The number of aromatic amines is 1. The second-order valence-corrected chi connectivity index (χ2v) is 4.18. The van der Waals surface area contributed by atoms with E-state index in [9.17, 15) is 13.2 Å². The van der Waals surface area contributed by atoms with Crippen LogP contribution in [0.2, 0.25) is 0 Å². The summed E-state index contributed by atoms with van der Waals surface area (Å²) >= 11 is 0. The van der Waals surface area contributed by atoms with E-state index in [0.717, 1.165) is 6.07 Å². The minimum absolute atomic E-state index is 0.0814. The highest BCUT2D eigenvalue weighted by Gasteiger charge is 2.35. The summed E-state index contributed by atoms with van der Waals surface area (Å²) in [5.41, 5.74) is -1.23. The second-order valence-electron chi connectivity index (χ2n) is 4.18. The molecule has 0 bridgehead atoms. The Morgan fingerprint density at radius 1 is 1.44 bits per heavy atom. The largest absolute Gasteiger partial charge is 0.474 e. The van der Waals surface area contributed by atoms with Crippen LogP contribution in [-0.2, 0) is 10.9 Å². The minimum Gasteiger partial charge on any atom is -0.474 e. The van der Waals surface area contributed by atoms with Crippen molar-refractivity contribution in [3.05, 3.63) is 17.5 Å². The molecule has 0 atom stereocenters. The molecule has 2 rings (SSSR count). The summed E-state index contributed by atoms with van der Waals surface area (Å²) < 4.78 is 42.0. The van der Waals surface area contributed by atoms with E-state index >= 15 is 0 Å². The van der Waals surface area contributed by atoms with Gasteiger partial charge in [-0.2, -0.15) is 18.3 Å². The number of ether oxygens (including phenoxy) is 1. The standard InChI is InChI=1S/C9H10F3N3O/c1-8(2)4-16-7(13-8)5-3-6(15-14-5)9(10,11)12/h3H,4H2,1-2H3,(H,14,15). The van der Waals surface area contributed by atoms with Gasteiger partial charge in [-0.1, -0.05) is 0 Å². The maximum absolute atomic E-state index is 12.3. The fourth-order valence-electron chi connectivity index (χ4n) is 1.29. The van der Waals surface area contributed by atoms with Gasteiger partial charge >= 0.3 is 6.18 Å². The molecular formula is C9H10F3N3O. The van der Waals surface area contributed by atoms with E-state index in [1.54, 1.807) is 0 Å². The topological polar surface area (TPSA) is 50.3 Å². The van der Waals surface area contributed by atoms with Crippen LogP contribution >= 0.6 is 0 Å². The van der Waals surface area contributed by atoms with Gasteiger partial charge in [0.1, 0.15) is 18.0 Å². The van der Waals surface area contributed by atoms with Crippen LogP contribution < -0.4 is 0 Å². The van der Waals surface area contributed by atoms with Gasteiger partial charge in [0.05, 0.1) is 5.54 Å². The maximum atomic E-state index is 12.3. The molecule has 1 aliphatic heterocycles. The molecule has 0 spiro atoms. The molecule has 0 unspecified atom stereocenters. The first-order chi connectivity index (χ1) is 7.28. The van der Waals surface area contributed by atoms with Crippen LogP contribution in [0.5, 0.6) is 0 Å². The summed E-state index contributed by atoms with van der Waals surface area (Å²) in [4.78, 5) is 4.13. The molecule has 0 aliphatic carbocycles. The van der Waals surface area contributed by atoms with Gasteiger partial charge in [0.2, 0.25) is 5.90 Å². The van der Waals surface area contributed by atoms with Crippen molar-refractivity contribution in [3.8, 4) is 0 Å². The fourth-order valence-corrected chi connectivity index (χ4v) is 1.29. The number of rotatable bonds is 1. The average molecular weight is 233 g/mol. The van der Waals surface area contributed by atoms with Crippen LogP contribution in [0.3, 0.4) is 0 Å². The van der Waals surface area contributed by atoms with Gasteiger partial charge in [0, 0.05) is 6.07 Å². The molecular weight excluding hydrogens is 223 g/mol. The monoisotopic (exact) mass is 233 g/mol. The molecule has 88 valence electrons. The Morgan fingerprint density at radius 3 is 2.56 bits per heavy atom. The summed E-state index contributed by atoms with van der Waals surface area (Å²) in [6, 6.07) is 0.889. The number of H-pyrrole nitrogens is 1. The van der Waals surface area contributed by atoms with Crippen molar-refractivity contribution in [2.24, 2.45) is 4.99 Å². The Morgan fingerprint density at radius 2 is 2.12 bits per heavy atom. The molecule has 2 heterocycles. The number of halogens is 3. The number of nitrogens with zero attached hydrogens (tertiary/aromatic N) is 2. The number of alkyl halides is 3. The molecule has 16 heavy (non-hydrogen) atoms. The Hall–Kier alpha value is -1.53. The lowest BCUT2D eigenvalue weighted by Gasteiger charge is -2.07. The Labute approximate surface area is 89.5 Å². The zero-order chi connectivity index (χ0) is 12.0. The van der Waals surface area contributed by atoms with E-state index in [2.05, 4.69) is 10.1 Å². The van der Waals surface area contributed by atoms with E-state index in [0.29, 0.717) is 6.61 Å². The summed E-state index contributed by atoms with van der Waals surface area (Å²) in [6.45, 7) is 4.01. The molecule has 1 N–H and O–H groups in total. The lowest BCUT2D eigenvalue weighted by Crippen LogP contribution is -2.17. The molecule has 0 aromatic carbocycles. The molecule has 0 saturated carbocycles. The SMILES string of the molecule is CC1(C)COC(c2cc(C(F)(F)F)[nH]n2)=N1. The number of aliphatic imine (C=N–C) groups is 1. The number of nitrogens with one attached hydrogen (secondary N) is 1. The van der Waals surface area contributed by atoms with E-state index in [1.807, 2.05) is 18.9 Å². The third kappa shape index (κ3) is 2.02. The van der Waals surface area contributed by atoms with E-state index < -0.39 is 17.4 Å². The molecule has 0 fully saturated rings. The van der Waals surface area contributed by atoms with Gasteiger partial charge in [-0.25, -0.2) is 4.99 Å². The first-order valence-electron chi connectivity index (χ1n) is 4.64. The molecule has 1 aliphatic rings. The Bertz CT molecular complexity index is 433. The van der Waals surface area contributed by atoms with Crippen molar-refractivity contribution >= 4 is 5.90 Å².